The number of anilines is 2. The number of hydrogen-bond acceptors (Lipinski definition) is 24. The molecule has 27 nitrogen and oxygen atoms in total. The highest BCUT2D eigenvalue weighted by Crippen LogP contribution is 2.37. The fraction of sp³-hybridized carbons (Fsp3) is 0.583. The lowest BCUT2D eigenvalue weighted by molar-refractivity contribution is -0.0592. The van der Waals surface area contributed by atoms with Gasteiger partial charge in [0.25, 0.3) is 0 Å². The van der Waals surface area contributed by atoms with Crippen LogP contribution in [0.3, 0.4) is 0 Å². The van der Waals surface area contributed by atoms with Crippen molar-refractivity contribution < 1.29 is 59.4 Å². The number of hydrogen-bond donors (Lipinski definition) is 10. The van der Waals surface area contributed by atoms with Gasteiger partial charge in [-0.15, -0.1) is 0 Å². The van der Waals surface area contributed by atoms with Crippen molar-refractivity contribution in [3.05, 3.63) is 37.3 Å². The molecule has 9 heterocycles. The number of methoxy groups -OCH3 is 2. The van der Waals surface area contributed by atoms with E-state index in [0.717, 1.165) is 0 Å². The van der Waals surface area contributed by atoms with Gasteiger partial charge in [0.1, 0.15) is 78.8 Å². The molecule has 63 heavy (non-hydrogen) atoms. The highest BCUT2D eigenvalue weighted by Gasteiger charge is 2.47. The normalized spacial score (nSPS) is 31.2. The third-order valence-corrected chi connectivity index (χ3v) is 10.9. The van der Waals surface area contributed by atoms with Gasteiger partial charge in [0, 0.05) is 41.6 Å². The molecule has 9 rings (SSSR count). The summed E-state index contributed by atoms with van der Waals surface area (Å²) in [6, 6.07) is -0.584. The van der Waals surface area contributed by atoms with Gasteiger partial charge < -0.3 is 80.8 Å². The van der Waals surface area contributed by atoms with E-state index in [0.29, 0.717) is 45.5 Å². The monoisotopic (exact) mass is 885 g/mol. The van der Waals surface area contributed by atoms with Crippen LogP contribution in [0.25, 0.3) is 22.3 Å². The number of aliphatic hydroxyl groups is 7. The Morgan fingerprint density at radius 2 is 1.21 bits per heavy atom. The van der Waals surface area contributed by atoms with Gasteiger partial charge in [0.2, 0.25) is 0 Å². The second-order valence-corrected chi connectivity index (χ2v) is 14.9. The Kier molecular flexibility index (Phi) is 14.0. The van der Waals surface area contributed by atoms with E-state index < -0.39 is 79.7 Å². The molecule has 27 heteroatoms. The van der Waals surface area contributed by atoms with Crippen molar-refractivity contribution in [3.63, 3.8) is 0 Å². The molecule has 0 spiro atoms. The number of ether oxygens (including phenoxy) is 5. The molecule has 0 bridgehead atoms. The van der Waals surface area contributed by atoms with E-state index in [9.17, 15) is 30.6 Å². The molecular formula is C36H51N15O12. The maximum atomic E-state index is 10.1. The second kappa shape index (κ2) is 19.2. The quantitative estimate of drug-likeness (QED) is 0.0643. The van der Waals surface area contributed by atoms with E-state index in [1.807, 2.05) is 14.1 Å². The van der Waals surface area contributed by atoms with Gasteiger partial charge in [-0.25, -0.2) is 39.9 Å². The zero-order valence-corrected chi connectivity index (χ0v) is 34.7. The lowest BCUT2D eigenvalue weighted by atomic mass is 10.1. The first-order chi connectivity index (χ1) is 30.3. The van der Waals surface area contributed by atoms with Gasteiger partial charge in [-0.05, 0) is 0 Å². The van der Waals surface area contributed by atoms with Gasteiger partial charge in [-0.3, -0.25) is 13.7 Å². The zero-order chi connectivity index (χ0) is 45.3. The van der Waals surface area contributed by atoms with E-state index in [1.54, 1.807) is 27.4 Å². The third-order valence-electron chi connectivity index (χ3n) is 10.9. The molecule has 4 aliphatic rings. The standard InChI is InChI=1S/3C12H17N5O4/c1-16(2)10-7-11(14-4-13-10)17(5-15-7)12-9(20)8(19)6(3-18)21-12;1-13-10-7-11(15-4-14-10)17(5-16-7)12-9(20-2)8(19)6(3-18)21-12;1-20-10-9(19)6(3-18)21-12(10)17-4-16-8-7(14)5(13)2-15-11(8)17/h4-6,8-9,12,18-20H,3H2,1-2H3;4-6,8-9,12,18-19H,3H2,1-2H3,(H,13,14,15);2,4-6,9-10,12,14,18-19H,3,13H2,1H3/t2*6-,8+,9?,12-;5?,6-,9+,10?,12-/m111/s1. The largest absolute Gasteiger partial charge is 0.394 e. The molecule has 13 atom stereocenters. The van der Waals surface area contributed by atoms with Crippen LogP contribution in [0.1, 0.15) is 24.4 Å². The fourth-order valence-electron chi connectivity index (χ4n) is 7.62. The summed E-state index contributed by atoms with van der Waals surface area (Å²) in [4.78, 5) is 35.3. The number of nitrogens with two attached hydrogens (primary N) is 1. The maximum absolute atomic E-state index is 10.1. The third kappa shape index (κ3) is 8.34. The minimum atomic E-state index is -1.17. The van der Waals surface area contributed by atoms with Crippen molar-refractivity contribution in [1.29, 1.82) is 5.41 Å². The summed E-state index contributed by atoms with van der Waals surface area (Å²) in [5, 5.41) is 78.6. The van der Waals surface area contributed by atoms with Crippen molar-refractivity contribution in [2.24, 2.45) is 10.7 Å². The van der Waals surface area contributed by atoms with Crippen molar-refractivity contribution in [3.8, 4) is 0 Å². The predicted molar refractivity (Wildman–Crippen MR) is 218 cm³/mol. The van der Waals surface area contributed by atoms with Gasteiger partial charge in [-0.1, -0.05) is 0 Å². The van der Waals surface area contributed by atoms with Crippen molar-refractivity contribution in [2.75, 3.05) is 65.4 Å². The summed E-state index contributed by atoms with van der Waals surface area (Å²) in [5.74, 6) is 1.68. The maximum Gasteiger partial charge on any atom is 0.167 e. The molecule has 0 radical (unpaired) electrons. The molecule has 0 amide bonds. The van der Waals surface area contributed by atoms with Crippen LogP contribution in [0.5, 0.6) is 0 Å². The molecule has 5 aromatic heterocycles. The number of nitrogens with one attached hydrogen (secondary N) is 2. The summed E-state index contributed by atoms with van der Waals surface area (Å²) >= 11 is 0. The number of aliphatic hydroxyl groups excluding tert-OH is 7. The molecule has 5 aromatic rings. The number of nitrogens with zero attached hydrogens (tertiary/aromatic N) is 12. The molecule has 0 aromatic carbocycles. The molecule has 11 N–H and O–H groups in total. The Hall–Kier alpha value is -5.27. The zero-order valence-electron chi connectivity index (χ0n) is 34.7. The first kappa shape index (κ1) is 45.7. The molecule has 0 saturated carbocycles. The van der Waals surface area contributed by atoms with Gasteiger partial charge >= 0.3 is 0 Å². The Morgan fingerprint density at radius 1 is 0.698 bits per heavy atom. The van der Waals surface area contributed by atoms with E-state index in [-0.39, 0.29) is 25.5 Å². The number of fused-ring (bicyclic) bond motifs is 3. The highest BCUT2D eigenvalue weighted by molar-refractivity contribution is 6.14. The van der Waals surface area contributed by atoms with Gasteiger partial charge in [0.05, 0.1) is 50.6 Å². The first-order valence-corrected chi connectivity index (χ1v) is 19.6. The highest BCUT2D eigenvalue weighted by atomic mass is 16.6. The van der Waals surface area contributed by atoms with Crippen LogP contribution in [0.2, 0.25) is 0 Å². The molecule has 342 valence electrons. The van der Waals surface area contributed by atoms with Crippen LogP contribution >= 0.6 is 0 Å². The predicted octanol–water partition coefficient (Wildman–Crippen LogP) is -3.80. The molecule has 3 saturated heterocycles. The van der Waals surface area contributed by atoms with E-state index in [1.165, 1.54) is 50.3 Å². The smallest absolute Gasteiger partial charge is 0.167 e. The number of rotatable bonds is 10. The topological polar surface area (TPSA) is 370 Å². The lowest BCUT2D eigenvalue weighted by Gasteiger charge is -2.22. The van der Waals surface area contributed by atoms with E-state index in [2.05, 4.69) is 45.2 Å². The van der Waals surface area contributed by atoms with Crippen LogP contribution in [0.4, 0.5) is 17.5 Å². The van der Waals surface area contributed by atoms with Crippen molar-refractivity contribution in [1.82, 2.24) is 48.6 Å². The van der Waals surface area contributed by atoms with Crippen molar-refractivity contribution in [2.45, 2.75) is 79.7 Å². The average molecular weight is 886 g/mol. The average Bonchev–Trinajstić information content (AvgIpc) is 4.16. The number of aromatic nitrogens is 10. The Balaban J connectivity index is 0.000000142. The summed E-state index contributed by atoms with van der Waals surface area (Å²) in [7, 11) is 8.36. The van der Waals surface area contributed by atoms with Crippen LogP contribution in [-0.4, -0.2) is 212 Å². The number of imidazole rings is 3. The molecule has 4 aliphatic heterocycles. The summed E-state index contributed by atoms with van der Waals surface area (Å²) in [5.41, 5.74) is 8.49. The van der Waals surface area contributed by atoms with E-state index in [4.69, 9.17) is 39.9 Å². The summed E-state index contributed by atoms with van der Waals surface area (Å²) in [6.45, 7) is -0.988. The fourth-order valence-corrected chi connectivity index (χ4v) is 7.62. The number of aliphatic imine (C=N–C) groups is 1. The van der Waals surface area contributed by atoms with Gasteiger partial charge in [0.15, 0.2) is 52.9 Å². The Bertz CT molecular complexity index is 2380. The molecule has 0 aliphatic carbocycles. The van der Waals surface area contributed by atoms with Crippen LogP contribution < -0.4 is 16.0 Å². The van der Waals surface area contributed by atoms with Crippen LogP contribution in [-0.2, 0) is 23.7 Å². The lowest BCUT2D eigenvalue weighted by Crippen LogP contribution is -2.35. The Labute approximate surface area is 357 Å². The van der Waals surface area contributed by atoms with Crippen molar-refractivity contribution >= 4 is 51.7 Å². The molecule has 3 fully saturated rings. The van der Waals surface area contributed by atoms with Gasteiger partial charge in [-0.2, -0.15) is 0 Å². The SMILES string of the molecule is CN(C)c1ncnc2c1ncn2[C@@H]1O[C@H](CO)[C@H](O)C1O.CNc1ncnc2c1ncn2[C@@H]1O[C@H](CO)[C@H](O)C1OC.COC1[C@@H](O)[C@@H](CO)O[C@H]1n1cnc2c1N=CC(N)C2=N. The summed E-state index contributed by atoms with van der Waals surface area (Å²) < 4.78 is 32.1. The summed E-state index contributed by atoms with van der Waals surface area (Å²) in [6.07, 6.45) is -1.15. The van der Waals surface area contributed by atoms with Crippen LogP contribution in [0, 0.1) is 5.41 Å². The van der Waals surface area contributed by atoms with E-state index >= 15 is 0 Å². The molecular weight excluding hydrogens is 834 g/mol. The Morgan fingerprint density at radius 3 is 1.76 bits per heavy atom. The second-order valence-electron chi connectivity index (χ2n) is 14.9. The molecule has 4 unspecified atom stereocenters. The minimum Gasteiger partial charge on any atom is -0.394 e. The minimum absolute atomic E-state index is 0.171. The first-order valence-electron chi connectivity index (χ1n) is 19.6. The van der Waals surface area contributed by atoms with Crippen LogP contribution in [0.15, 0.2) is 36.6 Å².